The lowest BCUT2D eigenvalue weighted by atomic mass is 10.0. The molecule has 3 aliphatic heterocycles. The van der Waals surface area contributed by atoms with Crippen LogP contribution in [0.3, 0.4) is 0 Å². The van der Waals surface area contributed by atoms with Crippen molar-refractivity contribution in [2.24, 2.45) is 0 Å². The van der Waals surface area contributed by atoms with Crippen LogP contribution in [0.2, 0.25) is 5.02 Å². The van der Waals surface area contributed by atoms with E-state index in [9.17, 15) is 0 Å². The first-order chi connectivity index (χ1) is 15.7. The van der Waals surface area contributed by atoms with Crippen molar-refractivity contribution in [3.63, 3.8) is 0 Å². The molecule has 3 aliphatic rings. The van der Waals surface area contributed by atoms with Crippen LogP contribution in [0.15, 0.2) is 42.6 Å². The highest BCUT2D eigenvalue weighted by molar-refractivity contribution is 6.30. The van der Waals surface area contributed by atoms with Crippen LogP contribution in [-0.4, -0.2) is 57.9 Å². The minimum atomic E-state index is -0.707. The van der Waals surface area contributed by atoms with E-state index in [2.05, 4.69) is 24.6 Å². The van der Waals surface area contributed by atoms with Crippen molar-refractivity contribution in [3.05, 3.63) is 59.0 Å². The Kier molecular flexibility index (Phi) is 5.01. The fourth-order valence-corrected chi connectivity index (χ4v) is 5.04. The molecule has 1 aromatic carbocycles. The van der Waals surface area contributed by atoms with Gasteiger partial charge in [0.15, 0.2) is 5.79 Å². The van der Waals surface area contributed by atoms with Crippen LogP contribution in [0.1, 0.15) is 24.2 Å². The highest BCUT2D eigenvalue weighted by Gasteiger charge is 2.42. The fourth-order valence-electron chi connectivity index (χ4n) is 4.84. The first-order valence-electron chi connectivity index (χ1n) is 11.0. The third-order valence-corrected chi connectivity index (χ3v) is 6.58. The molecule has 0 amide bonds. The summed E-state index contributed by atoms with van der Waals surface area (Å²) in [6, 6.07) is 11.7. The standard InChI is InChI=1S/C23H24ClN5O3/c24-17-4-5-19-16(13-17)14-23(30-11-12-31-23)15-20-26-27-22(29(19)20)28-9-6-18(7-10-28)32-21-3-1-2-8-25-21/h1-5,8,13,18H,6-7,9-12,14-15H2. The van der Waals surface area contributed by atoms with E-state index in [1.54, 1.807) is 6.20 Å². The number of piperidine rings is 1. The number of nitrogens with zero attached hydrogens (tertiary/aromatic N) is 5. The van der Waals surface area contributed by atoms with Crippen molar-refractivity contribution in [1.29, 1.82) is 0 Å². The topological polar surface area (TPSA) is 74.5 Å². The Labute approximate surface area is 191 Å². The van der Waals surface area contributed by atoms with Gasteiger partial charge in [-0.2, -0.15) is 0 Å². The summed E-state index contributed by atoms with van der Waals surface area (Å²) >= 11 is 6.35. The maximum Gasteiger partial charge on any atom is 0.231 e. The van der Waals surface area contributed by atoms with Gasteiger partial charge in [0.25, 0.3) is 0 Å². The van der Waals surface area contributed by atoms with E-state index in [4.69, 9.17) is 25.8 Å². The molecule has 9 heteroatoms. The number of anilines is 1. The number of hydrogen-bond acceptors (Lipinski definition) is 7. The lowest BCUT2D eigenvalue weighted by molar-refractivity contribution is -0.155. The largest absolute Gasteiger partial charge is 0.474 e. The van der Waals surface area contributed by atoms with Crippen LogP contribution < -0.4 is 9.64 Å². The highest BCUT2D eigenvalue weighted by atomic mass is 35.5. The van der Waals surface area contributed by atoms with Gasteiger partial charge in [-0.1, -0.05) is 17.7 Å². The van der Waals surface area contributed by atoms with Gasteiger partial charge in [0.1, 0.15) is 11.9 Å². The number of rotatable bonds is 3. The molecule has 8 nitrogen and oxygen atoms in total. The lowest BCUT2D eigenvalue weighted by Gasteiger charge is -2.32. The van der Waals surface area contributed by atoms with Crippen LogP contribution in [0, 0.1) is 0 Å². The Morgan fingerprint density at radius 1 is 1.03 bits per heavy atom. The van der Waals surface area contributed by atoms with E-state index >= 15 is 0 Å². The molecule has 0 radical (unpaired) electrons. The molecule has 5 heterocycles. The van der Waals surface area contributed by atoms with Gasteiger partial charge in [-0.3, -0.25) is 4.57 Å². The van der Waals surface area contributed by atoms with E-state index in [0.717, 1.165) is 49.0 Å². The zero-order valence-corrected chi connectivity index (χ0v) is 18.4. The second kappa shape index (κ2) is 8.03. The van der Waals surface area contributed by atoms with Crippen molar-refractivity contribution in [2.45, 2.75) is 37.6 Å². The Bertz CT molecular complexity index is 1110. The van der Waals surface area contributed by atoms with Crippen LogP contribution in [0.5, 0.6) is 5.88 Å². The zero-order valence-electron chi connectivity index (χ0n) is 17.6. The van der Waals surface area contributed by atoms with E-state index < -0.39 is 5.79 Å². The molecule has 2 fully saturated rings. The van der Waals surface area contributed by atoms with Gasteiger partial charge >= 0.3 is 0 Å². The molecular weight excluding hydrogens is 430 g/mol. The first-order valence-corrected chi connectivity index (χ1v) is 11.4. The van der Waals surface area contributed by atoms with Gasteiger partial charge in [-0.25, -0.2) is 4.98 Å². The summed E-state index contributed by atoms with van der Waals surface area (Å²) in [5, 5.41) is 9.84. The molecule has 2 aromatic heterocycles. The van der Waals surface area contributed by atoms with Gasteiger partial charge in [0, 0.05) is 49.6 Å². The Balaban J connectivity index is 1.28. The SMILES string of the molecule is Clc1ccc2c(c1)CC1(Cc3nnc(N4CCC(Oc5ccccn5)CC4)n3-2)OCCO1. The molecule has 166 valence electrons. The van der Waals surface area contributed by atoms with E-state index in [-0.39, 0.29) is 6.10 Å². The first kappa shape index (κ1) is 20.0. The summed E-state index contributed by atoms with van der Waals surface area (Å²) in [4.78, 5) is 6.56. The molecule has 1 spiro atoms. The Morgan fingerprint density at radius 3 is 2.66 bits per heavy atom. The zero-order chi connectivity index (χ0) is 21.5. The third-order valence-electron chi connectivity index (χ3n) is 6.35. The van der Waals surface area contributed by atoms with Crippen molar-refractivity contribution >= 4 is 17.5 Å². The molecular formula is C23H24ClN5O3. The number of fused-ring (bicyclic) bond motifs is 3. The second-order valence-corrected chi connectivity index (χ2v) is 8.89. The number of benzene rings is 1. The maximum atomic E-state index is 6.35. The molecule has 32 heavy (non-hydrogen) atoms. The summed E-state index contributed by atoms with van der Waals surface area (Å²) in [7, 11) is 0. The lowest BCUT2D eigenvalue weighted by Crippen LogP contribution is -2.39. The molecule has 3 aromatic rings. The summed E-state index contributed by atoms with van der Waals surface area (Å²) in [6.45, 7) is 2.83. The summed E-state index contributed by atoms with van der Waals surface area (Å²) in [6.07, 6.45) is 4.86. The Morgan fingerprint density at radius 2 is 1.88 bits per heavy atom. The summed E-state index contributed by atoms with van der Waals surface area (Å²) < 4.78 is 20.3. The predicted octanol–water partition coefficient (Wildman–Crippen LogP) is 3.21. The predicted molar refractivity (Wildman–Crippen MR) is 119 cm³/mol. The van der Waals surface area contributed by atoms with Crippen molar-refractivity contribution in [1.82, 2.24) is 19.7 Å². The molecule has 0 unspecified atom stereocenters. The molecule has 2 saturated heterocycles. The van der Waals surface area contributed by atoms with Crippen LogP contribution in [-0.2, 0) is 22.3 Å². The molecule has 0 atom stereocenters. The minimum Gasteiger partial charge on any atom is -0.474 e. The summed E-state index contributed by atoms with van der Waals surface area (Å²) in [5.41, 5.74) is 2.11. The van der Waals surface area contributed by atoms with Crippen molar-refractivity contribution < 1.29 is 14.2 Å². The van der Waals surface area contributed by atoms with Gasteiger partial charge < -0.3 is 19.1 Å². The molecule has 0 bridgehead atoms. The van der Waals surface area contributed by atoms with E-state index in [1.165, 1.54) is 0 Å². The molecule has 0 aliphatic carbocycles. The minimum absolute atomic E-state index is 0.141. The molecule has 0 saturated carbocycles. The van der Waals surface area contributed by atoms with Gasteiger partial charge in [-0.15, -0.1) is 10.2 Å². The average molecular weight is 454 g/mol. The number of aromatic nitrogens is 4. The fraction of sp³-hybridized carbons (Fsp3) is 0.435. The van der Waals surface area contributed by atoms with E-state index in [0.29, 0.717) is 37.0 Å². The van der Waals surface area contributed by atoms with Crippen molar-refractivity contribution in [3.8, 4) is 11.6 Å². The smallest absolute Gasteiger partial charge is 0.231 e. The molecule has 6 rings (SSSR count). The normalized spacial score (nSPS) is 20.1. The van der Waals surface area contributed by atoms with Crippen LogP contribution in [0.25, 0.3) is 5.69 Å². The van der Waals surface area contributed by atoms with E-state index in [1.807, 2.05) is 36.4 Å². The number of hydrogen-bond donors (Lipinski definition) is 0. The van der Waals surface area contributed by atoms with Gasteiger partial charge in [0.05, 0.1) is 25.3 Å². The highest BCUT2D eigenvalue weighted by Crippen LogP contribution is 2.37. The van der Waals surface area contributed by atoms with Crippen LogP contribution in [0.4, 0.5) is 5.95 Å². The third kappa shape index (κ3) is 3.62. The monoisotopic (exact) mass is 453 g/mol. The van der Waals surface area contributed by atoms with Gasteiger partial charge in [-0.05, 0) is 29.8 Å². The second-order valence-electron chi connectivity index (χ2n) is 8.46. The Hall–Kier alpha value is -2.68. The summed E-state index contributed by atoms with van der Waals surface area (Å²) in [5.74, 6) is 1.65. The average Bonchev–Trinajstić information content (AvgIpc) is 3.40. The quantitative estimate of drug-likeness (QED) is 0.602. The number of ether oxygens (including phenoxy) is 3. The van der Waals surface area contributed by atoms with Gasteiger partial charge in [0.2, 0.25) is 11.8 Å². The number of halogens is 1. The number of pyridine rings is 1. The maximum absolute atomic E-state index is 6.35. The van der Waals surface area contributed by atoms with Crippen LogP contribution >= 0.6 is 11.6 Å². The van der Waals surface area contributed by atoms with Crippen molar-refractivity contribution in [2.75, 3.05) is 31.2 Å². The molecule has 0 N–H and O–H groups in total.